The molecule has 0 saturated heterocycles. The molecule has 0 aromatic heterocycles. The summed E-state index contributed by atoms with van der Waals surface area (Å²) in [6, 6.07) is 17.5. The van der Waals surface area contributed by atoms with Crippen molar-refractivity contribution < 1.29 is 24.2 Å². The average molecular weight is 327 g/mol. The molecule has 0 aliphatic carbocycles. The van der Waals surface area contributed by atoms with E-state index in [2.05, 4.69) is 5.32 Å². The lowest BCUT2D eigenvalue weighted by atomic mass is 9.92. The topological polar surface area (TPSA) is 92.7 Å². The van der Waals surface area contributed by atoms with Crippen molar-refractivity contribution in [2.45, 2.75) is 18.6 Å². The van der Waals surface area contributed by atoms with Crippen LogP contribution >= 0.6 is 0 Å². The predicted octanol–water partition coefficient (Wildman–Crippen LogP) is 2.18. The van der Waals surface area contributed by atoms with E-state index in [4.69, 9.17) is 4.74 Å². The van der Waals surface area contributed by atoms with Gasteiger partial charge in [0.2, 0.25) is 5.54 Å². The van der Waals surface area contributed by atoms with Gasteiger partial charge >= 0.3 is 12.1 Å². The minimum Gasteiger partial charge on any atom is -0.479 e. The minimum atomic E-state index is -2.07. The van der Waals surface area contributed by atoms with Crippen LogP contribution in [0.5, 0.6) is 0 Å². The highest BCUT2D eigenvalue weighted by Gasteiger charge is 2.41. The lowest BCUT2D eigenvalue weighted by Gasteiger charge is -2.24. The number of amides is 1. The Hall–Kier alpha value is -3.15. The molecular formula is C18H17NO5. The monoisotopic (exact) mass is 327 g/mol. The molecule has 24 heavy (non-hydrogen) atoms. The van der Waals surface area contributed by atoms with Crippen molar-refractivity contribution in [3.8, 4) is 0 Å². The Morgan fingerprint density at radius 1 is 1.00 bits per heavy atom. The van der Waals surface area contributed by atoms with Gasteiger partial charge in [-0.2, -0.15) is 0 Å². The van der Waals surface area contributed by atoms with Gasteiger partial charge in [-0.3, -0.25) is 5.32 Å². The molecule has 0 saturated carbocycles. The second-order valence-electron chi connectivity index (χ2n) is 5.24. The van der Waals surface area contributed by atoms with E-state index in [1.165, 1.54) is 0 Å². The molecule has 0 bridgehead atoms. The highest BCUT2D eigenvalue weighted by molar-refractivity contribution is 6.00. The standard InChI is InChI=1S/C18H17NO5/c20-13-18(16(21)22,11-14-7-3-1-4-8-14)19-17(23)24-12-15-9-5-2-6-10-15/h1-10,13H,11-12H2,(H,19,23)(H,21,22). The second-order valence-corrected chi connectivity index (χ2v) is 5.24. The summed E-state index contributed by atoms with van der Waals surface area (Å²) in [7, 11) is 0. The zero-order valence-electron chi connectivity index (χ0n) is 12.8. The minimum absolute atomic E-state index is 0.0213. The van der Waals surface area contributed by atoms with Gasteiger partial charge in [-0.1, -0.05) is 60.7 Å². The Balaban J connectivity index is 2.06. The summed E-state index contributed by atoms with van der Waals surface area (Å²) in [5.74, 6) is -1.45. The summed E-state index contributed by atoms with van der Waals surface area (Å²) in [5.41, 5.74) is -0.715. The van der Waals surface area contributed by atoms with Crippen molar-refractivity contribution >= 4 is 18.3 Å². The molecule has 2 N–H and O–H groups in total. The molecule has 0 fully saturated rings. The summed E-state index contributed by atoms with van der Waals surface area (Å²) in [4.78, 5) is 34.9. The van der Waals surface area contributed by atoms with Gasteiger partial charge in [-0.25, -0.2) is 9.59 Å². The van der Waals surface area contributed by atoms with E-state index in [9.17, 15) is 19.5 Å². The molecule has 1 atom stereocenters. The Morgan fingerprint density at radius 2 is 1.54 bits per heavy atom. The first kappa shape index (κ1) is 17.2. The normalized spacial score (nSPS) is 12.7. The van der Waals surface area contributed by atoms with Gasteiger partial charge < -0.3 is 14.6 Å². The Morgan fingerprint density at radius 3 is 2.04 bits per heavy atom. The largest absolute Gasteiger partial charge is 0.479 e. The number of aliphatic carboxylic acids is 1. The lowest BCUT2D eigenvalue weighted by Crippen LogP contribution is -2.57. The lowest BCUT2D eigenvalue weighted by molar-refractivity contribution is -0.146. The van der Waals surface area contributed by atoms with E-state index in [1.54, 1.807) is 54.6 Å². The summed E-state index contributed by atoms with van der Waals surface area (Å²) in [5, 5.41) is 11.6. The Kier molecular flexibility index (Phi) is 5.68. The van der Waals surface area contributed by atoms with Crippen LogP contribution < -0.4 is 5.32 Å². The van der Waals surface area contributed by atoms with Crippen LogP contribution in [0.2, 0.25) is 0 Å². The highest BCUT2D eigenvalue weighted by atomic mass is 16.5. The van der Waals surface area contributed by atoms with Gasteiger partial charge in [0.15, 0.2) is 6.29 Å². The van der Waals surface area contributed by atoms with E-state index in [-0.39, 0.29) is 19.3 Å². The maximum absolute atomic E-state index is 11.9. The van der Waals surface area contributed by atoms with E-state index in [1.807, 2.05) is 6.07 Å². The second kappa shape index (κ2) is 7.92. The molecule has 2 aromatic rings. The first-order chi connectivity index (χ1) is 11.6. The van der Waals surface area contributed by atoms with Crippen LogP contribution in [0.3, 0.4) is 0 Å². The van der Waals surface area contributed by atoms with E-state index in [0.717, 1.165) is 5.56 Å². The third-order valence-electron chi connectivity index (χ3n) is 3.45. The van der Waals surface area contributed by atoms with Gasteiger partial charge in [0.25, 0.3) is 0 Å². The Labute approximate surface area is 139 Å². The summed E-state index contributed by atoms with van der Waals surface area (Å²) in [6.45, 7) is -0.0213. The molecule has 6 heteroatoms. The van der Waals surface area contributed by atoms with Crippen molar-refractivity contribution in [1.29, 1.82) is 0 Å². The number of alkyl carbamates (subject to hydrolysis) is 1. The molecule has 0 aliphatic heterocycles. The number of ether oxygens (including phenoxy) is 1. The van der Waals surface area contributed by atoms with Crippen molar-refractivity contribution in [2.24, 2.45) is 0 Å². The van der Waals surface area contributed by atoms with Gasteiger partial charge in [0, 0.05) is 6.42 Å². The summed E-state index contributed by atoms with van der Waals surface area (Å²) in [6.07, 6.45) is -0.927. The number of nitrogens with one attached hydrogen (secondary N) is 1. The molecular weight excluding hydrogens is 310 g/mol. The number of carbonyl (C=O) groups is 3. The van der Waals surface area contributed by atoms with E-state index in [0.29, 0.717) is 5.56 Å². The number of benzene rings is 2. The molecule has 6 nitrogen and oxygen atoms in total. The maximum Gasteiger partial charge on any atom is 0.408 e. The smallest absolute Gasteiger partial charge is 0.408 e. The number of carboxylic acids is 1. The fraction of sp³-hybridized carbons (Fsp3) is 0.167. The van der Waals surface area contributed by atoms with Crippen LogP contribution in [0.25, 0.3) is 0 Å². The molecule has 124 valence electrons. The molecule has 0 radical (unpaired) electrons. The maximum atomic E-state index is 11.9. The fourth-order valence-corrected chi connectivity index (χ4v) is 2.15. The first-order valence-electron chi connectivity index (χ1n) is 7.28. The third-order valence-corrected chi connectivity index (χ3v) is 3.45. The number of hydrogen-bond donors (Lipinski definition) is 2. The van der Waals surface area contributed by atoms with E-state index < -0.39 is 17.6 Å². The molecule has 2 rings (SSSR count). The van der Waals surface area contributed by atoms with Crippen molar-refractivity contribution in [2.75, 3.05) is 0 Å². The number of carbonyl (C=O) groups excluding carboxylic acids is 2. The molecule has 1 unspecified atom stereocenters. The molecule has 1 amide bonds. The summed E-state index contributed by atoms with van der Waals surface area (Å²) >= 11 is 0. The summed E-state index contributed by atoms with van der Waals surface area (Å²) < 4.78 is 5.00. The van der Waals surface area contributed by atoms with Crippen LogP contribution in [0.4, 0.5) is 4.79 Å². The van der Waals surface area contributed by atoms with Gasteiger partial charge in [0.05, 0.1) is 0 Å². The van der Waals surface area contributed by atoms with Crippen molar-refractivity contribution in [3.05, 3.63) is 71.8 Å². The molecule has 2 aromatic carbocycles. The Bertz CT molecular complexity index is 702. The van der Waals surface area contributed by atoms with Gasteiger partial charge in [-0.15, -0.1) is 0 Å². The van der Waals surface area contributed by atoms with Gasteiger partial charge in [-0.05, 0) is 11.1 Å². The van der Waals surface area contributed by atoms with Crippen LogP contribution in [0.15, 0.2) is 60.7 Å². The first-order valence-corrected chi connectivity index (χ1v) is 7.28. The molecule has 0 spiro atoms. The number of hydrogen-bond acceptors (Lipinski definition) is 4. The SMILES string of the molecule is O=CC(Cc1ccccc1)(NC(=O)OCc1ccccc1)C(=O)O. The molecule has 0 aliphatic rings. The zero-order chi connectivity index (χ0) is 17.4. The number of aldehydes is 1. The third kappa shape index (κ3) is 4.42. The van der Waals surface area contributed by atoms with Crippen LogP contribution in [-0.4, -0.2) is 29.0 Å². The van der Waals surface area contributed by atoms with Gasteiger partial charge in [0.1, 0.15) is 6.61 Å². The highest BCUT2D eigenvalue weighted by Crippen LogP contribution is 2.13. The van der Waals surface area contributed by atoms with Crippen LogP contribution in [0.1, 0.15) is 11.1 Å². The van der Waals surface area contributed by atoms with Crippen LogP contribution in [0, 0.1) is 0 Å². The number of rotatable bonds is 7. The average Bonchev–Trinajstić information content (AvgIpc) is 2.61. The van der Waals surface area contributed by atoms with Crippen molar-refractivity contribution in [1.82, 2.24) is 5.32 Å². The zero-order valence-corrected chi connectivity index (χ0v) is 12.8. The van der Waals surface area contributed by atoms with Crippen molar-refractivity contribution in [3.63, 3.8) is 0 Å². The predicted molar refractivity (Wildman–Crippen MR) is 86.3 cm³/mol. The van der Waals surface area contributed by atoms with Crippen LogP contribution in [-0.2, 0) is 27.4 Å². The van der Waals surface area contributed by atoms with E-state index >= 15 is 0 Å². The quantitative estimate of drug-likeness (QED) is 0.600. The number of carboxylic acid groups (broad SMARTS) is 1. The fourth-order valence-electron chi connectivity index (χ4n) is 2.15. The molecule has 0 heterocycles.